The van der Waals surface area contributed by atoms with E-state index in [1.807, 2.05) is 0 Å². The van der Waals surface area contributed by atoms with Crippen LogP contribution in [-0.4, -0.2) is 5.78 Å². The van der Waals surface area contributed by atoms with E-state index in [0.717, 1.165) is 37.5 Å². The Labute approximate surface area is 107 Å². The molecular weight excluding hydrogens is 208 g/mol. The van der Waals surface area contributed by atoms with E-state index in [9.17, 15) is 4.79 Å². The third-order valence-corrected chi connectivity index (χ3v) is 4.26. The second-order valence-electron chi connectivity index (χ2n) is 5.88. The summed E-state index contributed by atoms with van der Waals surface area (Å²) in [5, 5.41) is 0. The Balaban J connectivity index is 2.12. The Kier molecular flexibility index (Phi) is 7.55. The van der Waals surface area contributed by atoms with Gasteiger partial charge in [-0.2, -0.15) is 0 Å². The number of Topliss-reactive ketones (excluding diaryl/α,β-unsaturated/α-hetero) is 1. The van der Waals surface area contributed by atoms with Crippen molar-refractivity contribution in [1.29, 1.82) is 0 Å². The van der Waals surface area contributed by atoms with Gasteiger partial charge in [-0.15, -0.1) is 0 Å². The molecule has 0 heterocycles. The molecule has 1 aliphatic rings. The molecule has 1 fully saturated rings. The molecule has 0 N–H and O–H groups in total. The van der Waals surface area contributed by atoms with Crippen molar-refractivity contribution in [1.82, 2.24) is 0 Å². The molecule has 0 saturated heterocycles. The second kappa shape index (κ2) is 8.72. The van der Waals surface area contributed by atoms with Gasteiger partial charge in [-0.25, -0.2) is 0 Å². The van der Waals surface area contributed by atoms with Gasteiger partial charge >= 0.3 is 0 Å². The maximum atomic E-state index is 11.7. The van der Waals surface area contributed by atoms with E-state index >= 15 is 0 Å². The van der Waals surface area contributed by atoms with Crippen LogP contribution in [0.1, 0.15) is 84.5 Å². The molecule has 0 aromatic heterocycles. The lowest BCUT2D eigenvalue weighted by Crippen LogP contribution is -2.17. The topological polar surface area (TPSA) is 17.1 Å². The minimum Gasteiger partial charge on any atom is -0.300 e. The van der Waals surface area contributed by atoms with Gasteiger partial charge in [0.15, 0.2) is 0 Å². The van der Waals surface area contributed by atoms with E-state index in [1.54, 1.807) is 0 Å². The number of hydrogen-bond acceptors (Lipinski definition) is 1. The predicted octanol–water partition coefficient (Wildman–Crippen LogP) is 5.13. The zero-order valence-electron chi connectivity index (χ0n) is 11.8. The third-order valence-electron chi connectivity index (χ3n) is 4.26. The maximum absolute atomic E-state index is 11.7. The van der Waals surface area contributed by atoms with Crippen molar-refractivity contribution < 1.29 is 4.79 Å². The first-order valence-electron chi connectivity index (χ1n) is 7.77. The van der Waals surface area contributed by atoms with Gasteiger partial charge in [0.25, 0.3) is 0 Å². The summed E-state index contributed by atoms with van der Waals surface area (Å²) in [6, 6.07) is 0. The molecule has 0 bridgehead atoms. The van der Waals surface area contributed by atoms with Crippen LogP contribution in [0.5, 0.6) is 0 Å². The summed E-state index contributed by atoms with van der Waals surface area (Å²) in [7, 11) is 0. The zero-order valence-corrected chi connectivity index (χ0v) is 11.8. The molecule has 1 rings (SSSR count). The van der Waals surface area contributed by atoms with Crippen molar-refractivity contribution in [2.75, 3.05) is 0 Å². The summed E-state index contributed by atoms with van der Waals surface area (Å²) in [5.41, 5.74) is 0. The van der Waals surface area contributed by atoms with Crippen LogP contribution in [0.25, 0.3) is 0 Å². The Morgan fingerprint density at radius 3 is 2.12 bits per heavy atom. The monoisotopic (exact) mass is 238 g/mol. The highest BCUT2D eigenvalue weighted by Gasteiger charge is 2.22. The second-order valence-corrected chi connectivity index (χ2v) is 5.88. The molecule has 0 spiro atoms. The fourth-order valence-electron chi connectivity index (χ4n) is 3.02. The molecule has 17 heavy (non-hydrogen) atoms. The molecule has 0 radical (unpaired) electrons. The molecule has 1 saturated carbocycles. The first-order valence-corrected chi connectivity index (χ1v) is 7.77. The fourth-order valence-corrected chi connectivity index (χ4v) is 3.02. The van der Waals surface area contributed by atoms with Gasteiger partial charge in [-0.05, 0) is 31.1 Å². The van der Waals surface area contributed by atoms with Crippen LogP contribution in [0, 0.1) is 11.8 Å². The molecule has 1 aliphatic carbocycles. The Hall–Kier alpha value is -0.330. The Morgan fingerprint density at radius 1 is 0.941 bits per heavy atom. The minimum atomic E-state index is 0.517. The highest BCUT2D eigenvalue weighted by molar-refractivity contribution is 5.78. The molecule has 0 aliphatic heterocycles. The van der Waals surface area contributed by atoms with E-state index in [1.165, 1.54) is 44.9 Å². The normalized spacial score (nSPS) is 24.8. The number of unbranched alkanes of at least 4 members (excludes halogenated alkanes) is 2. The van der Waals surface area contributed by atoms with Gasteiger partial charge < -0.3 is 0 Å². The summed E-state index contributed by atoms with van der Waals surface area (Å²) in [6.45, 7) is 4.43. The van der Waals surface area contributed by atoms with Crippen molar-refractivity contribution in [2.45, 2.75) is 84.5 Å². The first-order chi connectivity index (χ1) is 8.26. The van der Waals surface area contributed by atoms with Gasteiger partial charge in [0.05, 0.1) is 0 Å². The highest BCUT2D eigenvalue weighted by atomic mass is 16.1. The molecule has 0 atom stereocenters. The molecule has 1 heteroatoms. The van der Waals surface area contributed by atoms with Crippen LogP contribution in [0.3, 0.4) is 0 Å². The molecule has 100 valence electrons. The van der Waals surface area contributed by atoms with E-state index < -0.39 is 0 Å². The molecule has 0 aromatic carbocycles. The zero-order chi connectivity index (χ0) is 12.5. The number of rotatable bonds is 8. The minimum absolute atomic E-state index is 0.517. The van der Waals surface area contributed by atoms with Crippen LogP contribution in [-0.2, 0) is 4.79 Å². The highest BCUT2D eigenvalue weighted by Crippen LogP contribution is 2.33. The SMILES string of the molecule is CCCCC(=O)C[C@H]1CC[C@H](CCCC)CC1. The van der Waals surface area contributed by atoms with Crippen molar-refractivity contribution in [2.24, 2.45) is 11.8 Å². The van der Waals surface area contributed by atoms with Crippen LogP contribution < -0.4 is 0 Å². The smallest absolute Gasteiger partial charge is 0.133 e. The van der Waals surface area contributed by atoms with Gasteiger partial charge in [0.1, 0.15) is 5.78 Å². The fraction of sp³-hybridized carbons (Fsp3) is 0.938. The number of hydrogen-bond donors (Lipinski definition) is 0. The van der Waals surface area contributed by atoms with Crippen molar-refractivity contribution in [3.63, 3.8) is 0 Å². The molecule has 0 amide bonds. The average molecular weight is 238 g/mol. The van der Waals surface area contributed by atoms with Crippen molar-refractivity contribution >= 4 is 5.78 Å². The summed E-state index contributed by atoms with van der Waals surface area (Å²) in [6.07, 6.45) is 13.5. The summed E-state index contributed by atoms with van der Waals surface area (Å²) < 4.78 is 0. The summed E-state index contributed by atoms with van der Waals surface area (Å²) >= 11 is 0. The van der Waals surface area contributed by atoms with Crippen LogP contribution >= 0.6 is 0 Å². The molecule has 0 aromatic rings. The quantitative estimate of drug-likeness (QED) is 0.572. The lowest BCUT2D eigenvalue weighted by Gasteiger charge is -2.28. The Morgan fingerprint density at radius 2 is 1.53 bits per heavy atom. The van der Waals surface area contributed by atoms with E-state index in [0.29, 0.717) is 5.78 Å². The number of carbonyl (C=O) groups is 1. The van der Waals surface area contributed by atoms with Crippen LogP contribution in [0.4, 0.5) is 0 Å². The summed E-state index contributed by atoms with van der Waals surface area (Å²) in [4.78, 5) is 11.7. The maximum Gasteiger partial charge on any atom is 0.133 e. The van der Waals surface area contributed by atoms with Crippen molar-refractivity contribution in [3.05, 3.63) is 0 Å². The van der Waals surface area contributed by atoms with E-state index in [-0.39, 0.29) is 0 Å². The van der Waals surface area contributed by atoms with E-state index in [4.69, 9.17) is 0 Å². The number of carbonyl (C=O) groups excluding carboxylic acids is 1. The lowest BCUT2D eigenvalue weighted by atomic mass is 9.78. The van der Waals surface area contributed by atoms with Crippen LogP contribution in [0.15, 0.2) is 0 Å². The number of ketones is 1. The van der Waals surface area contributed by atoms with Gasteiger partial charge in [0.2, 0.25) is 0 Å². The van der Waals surface area contributed by atoms with Crippen molar-refractivity contribution in [3.8, 4) is 0 Å². The van der Waals surface area contributed by atoms with Crippen LogP contribution in [0.2, 0.25) is 0 Å². The standard InChI is InChI=1S/C16H30O/c1-3-5-7-14-9-11-15(12-10-14)13-16(17)8-6-4-2/h14-15H,3-13H2,1-2H3/t14-,15-. The van der Waals surface area contributed by atoms with Gasteiger partial charge in [-0.1, -0.05) is 52.4 Å². The third kappa shape index (κ3) is 6.24. The Bertz CT molecular complexity index is 202. The molecule has 1 nitrogen and oxygen atoms in total. The van der Waals surface area contributed by atoms with Gasteiger partial charge in [0, 0.05) is 12.8 Å². The van der Waals surface area contributed by atoms with Gasteiger partial charge in [-0.3, -0.25) is 4.79 Å². The first kappa shape index (κ1) is 14.7. The lowest BCUT2D eigenvalue weighted by molar-refractivity contribution is -0.120. The van der Waals surface area contributed by atoms with E-state index in [2.05, 4.69) is 13.8 Å². The predicted molar refractivity (Wildman–Crippen MR) is 74.1 cm³/mol. The molecular formula is C16H30O. The summed E-state index contributed by atoms with van der Waals surface area (Å²) in [5.74, 6) is 2.21. The average Bonchev–Trinajstić information content (AvgIpc) is 2.35. The largest absolute Gasteiger partial charge is 0.300 e. The molecule has 0 unspecified atom stereocenters.